The molecule has 20 heavy (non-hydrogen) atoms. The largest absolute Gasteiger partial charge is 0.450 e. The van der Waals surface area contributed by atoms with Crippen LogP contribution in [-0.2, 0) is 14.8 Å². The number of amides is 1. The van der Waals surface area contributed by atoms with E-state index < -0.39 is 21.9 Å². The highest BCUT2D eigenvalue weighted by atomic mass is 32.2. The molecule has 0 aromatic heterocycles. The summed E-state index contributed by atoms with van der Waals surface area (Å²) in [4.78, 5) is 11.1. The molecule has 0 bridgehead atoms. The summed E-state index contributed by atoms with van der Waals surface area (Å²) in [6.45, 7) is 1.80. The highest BCUT2D eigenvalue weighted by Crippen LogP contribution is 2.20. The number of alkyl carbamates (subject to hydrolysis) is 1. The van der Waals surface area contributed by atoms with Crippen LogP contribution < -0.4 is 9.62 Å². The molecule has 0 fully saturated rings. The van der Waals surface area contributed by atoms with E-state index in [2.05, 4.69) is 10.1 Å². The Morgan fingerprint density at radius 3 is 2.60 bits per heavy atom. The molecule has 0 aliphatic heterocycles. The van der Waals surface area contributed by atoms with Gasteiger partial charge < -0.3 is 10.1 Å². The second kappa shape index (κ2) is 7.09. The molecule has 0 heterocycles. The first-order valence-electron chi connectivity index (χ1n) is 5.99. The summed E-state index contributed by atoms with van der Waals surface area (Å²) in [6.07, 6.45) is 0.332. The molecule has 1 rings (SSSR count). The predicted molar refractivity (Wildman–Crippen MR) is 73.6 cm³/mol. The number of nitrogens with zero attached hydrogens (tertiary/aromatic N) is 1. The van der Waals surface area contributed by atoms with Gasteiger partial charge in [0.15, 0.2) is 0 Å². The van der Waals surface area contributed by atoms with Crippen molar-refractivity contribution in [1.82, 2.24) is 5.32 Å². The van der Waals surface area contributed by atoms with Crippen molar-refractivity contribution < 1.29 is 22.3 Å². The third kappa shape index (κ3) is 4.69. The Bertz CT molecular complexity index is 562. The molecule has 0 saturated heterocycles. The number of carbonyl (C=O) groups excluding carboxylic acids is 1. The molecule has 6 nitrogen and oxygen atoms in total. The highest BCUT2D eigenvalue weighted by molar-refractivity contribution is 7.92. The van der Waals surface area contributed by atoms with Gasteiger partial charge in [-0.25, -0.2) is 17.6 Å². The Morgan fingerprint density at radius 1 is 1.40 bits per heavy atom. The second-order valence-electron chi connectivity index (χ2n) is 3.93. The van der Waals surface area contributed by atoms with Crippen LogP contribution in [0.5, 0.6) is 0 Å². The SMILES string of the molecule is CCOC(=O)NCCN(c1ccccc1F)S(C)(=O)=O. The maximum Gasteiger partial charge on any atom is 0.407 e. The number of ether oxygens (including phenoxy) is 1. The first-order valence-corrected chi connectivity index (χ1v) is 7.84. The summed E-state index contributed by atoms with van der Waals surface area (Å²) in [5.41, 5.74) is -0.0549. The Hall–Kier alpha value is -1.83. The molecular formula is C12H17FN2O4S. The van der Waals surface area contributed by atoms with Crippen molar-refractivity contribution in [2.24, 2.45) is 0 Å². The van der Waals surface area contributed by atoms with E-state index in [0.717, 1.165) is 10.6 Å². The topological polar surface area (TPSA) is 75.7 Å². The standard InChI is InChI=1S/C12H17FN2O4S/c1-3-19-12(16)14-8-9-15(20(2,17)18)11-7-5-4-6-10(11)13/h4-7H,3,8-9H2,1-2H3,(H,14,16). The third-order valence-corrected chi connectivity index (χ3v) is 3.56. The fraction of sp³-hybridized carbons (Fsp3) is 0.417. The fourth-order valence-electron chi connectivity index (χ4n) is 1.56. The van der Waals surface area contributed by atoms with E-state index in [9.17, 15) is 17.6 Å². The summed E-state index contributed by atoms with van der Waals surface area (Å²) in [5.74, 6) is -0.644. The molecular weight excluding hydrogens is 287 g/mol. The molecule has 1 aromatic carbocycles. The number of sulfonamides is 1. The molecule has 0 radical (unpaired) electrons. The number of carbonyl (C=O) groups is 1. The molecule has 0 spiro atoms. The van der Waals surface area contributed by atoms with Crippen molar-refractivity contribution in [3.05, 3.63) is 30.1 Å². The van der Waals surface area contributed by atoms with Gasteiger partial charge in [0, 0.05) is 6.54 Å². The average Bonchev–Trinajstić information content (AvgIpc) is 2.35. The lowest BCUT2D eigenvalue weighted by atomic mass is 10.3. The minimum absolute atomic E-state index is 0.0141. The van der Waals surface area contributed by atoms with Gasteiger partial charge in [-0.2, -0.15) is 0 Å². The van der Waals surface area contributed by atoms with E-state index in [4.69, 9.17) is 0 Å². The first kappa shape index (κ1) is 16.2. The molecule has 112 valence electrons. The molecule has 1 aromatic rings. The van der Waals surface area contributed by atoms with Crippen LogP contribution >= 0.6 is 0 Å². The Balaban J connectivity index is 2.78. The maximum absolute atomic E-state index is 13.7. The summed E-state index contributed by atoms with van der Waals surface area (Å²) < 4.78 is 42.6. The lowest BCUT2D eigenvalue weighted by Gasteiger charge is -2.22. The second-order valence-corrected chi connectivity index (χ2v) is 5.84. The minimum atomic E-state index is -3.65. The number of hydrogen-bond donors (Lipinski definition) is 1. The number of benzene rings is 1. The van der Waals surface area contributed by atoms with Gasteiger partial charge in [-0.3, -0.25) is 4.31 Å². The molecule has 0 saturated carbocycles. The van der Waals surface area contributed by atoms with Gasteiger partial charge in [0.25, 0.3) is 0 Å². The van der Waals surface area contributed by atoms with Gasteiger partial charge in [-0.1, -0.05) is 12.1 Å². The van der Waals surface area contributed by atoms with Crippen molar-refractivity contribution in [1.29, 1.82) is 0 Å². The van der Waals surface area contributed by atoms with Crippen molar-refractivity contribution in [3.8, 4) is 0 Å². The van der Waals surface area contributed by atoms with E-state index in [1.807, 2.05) is 0 Å². The number of halogens is 1. The quantitative estimate of drug-likeness (QED) is 0.860. The van der Waals surface area contributed by atoms with Gasteiger partial charge in [0.1, 0.15) is 5.82 Å². The maximum atomic E-state index is 13.7. The highest BCUT2D eigenvalue weighted by Gasteiger charge is 2.20. The Labute approximate surface area is 117 Å². The molecule has 8 heteroatoms. The lowest BCUT2D eigenvalue weighted by molar-refractivity contribution is 0.152. The zero-order chi connectivity index (χ0) is 15.2. The van der Waals surface area contributed by atoms with Crippen LogP contribution in [0.1, 0.15) is 6.92 Å². The molecule has 1 amide bonds. The van der Waals surface area contributed by atoms with Crippen molar-refractivity contribution >= 4 is 21.8 Å². The number of nitrogens with one attached hydrogen (secondary N) is 1. The smallest absolute Gasteiger partial charge is 0.407 e. The molecule has 1 N–H and O–H groups in total. The summed E-state index contributed by atoms with van der Waals surface area (Å²) >= 11 is 0. The monoisotopic (exact) mass is 304 g/mol. The number of rotatable bonds is 6. The Kier molecular flexibility index (Phi) is 5.75. The summed E-state index contributed by atoms with van der Waals surface area (Å²) in [6, 6.07) is 5.54. The van der Waals surface area contributed by atoms with Gasteiger partial charge in [0.2, 0.25) is 10.0 Å². The van der Waals surface area contributed by atoms with E-state index in [-0.39, 0.29) is 25.4 Å². The van der Waals surface area contributed by atoms with Crippen molar-refractivity contribution in [2.45, 2.75) is 6.92 Å². The zero-order valence-corrected chi connectivity index (χ0v) is 12.1. The third-order valence-electron chi connectivity index (χ3n) is 2.38. The van der Waals surface area contributed by atoms with Gasteiger partial charge in [0.05, 0.1) is 25.1 Å². The van der Waals surface area contributed by atoms with Crippen molar-refractivity contribution in [2.75, 3.05) is 30.3 Å². The number of hydrogen-bond acceptors (Lipinski definition) is 4. The van der Waals surface area contributed by atoms with Crippen molar-refractivity contribution in [3.63, 3.8) is 0 Å². The van der Waals surface area contributed by atoms with Crippen LogP contribution in [0.15, 0.2) is 24.3 Å². The number of anilines is 1. The normalized spacial score (nSPS) is 10.9. The minimum Gasteiger partial charge on any atom is -0.450 e. The molecule has 0 atom stereocenters. The van der Waals surface area contributed by atoms with E-state index in [0.29, 0.717) is 0 Å². The summed E-state index contributed by atoms with van der Waals surface area (Å²) in [5, 5.41) is 2.39. The molecule has 0 aliphatic rings. The van der Waals surface area contributed by atoms with E-state index >= 15 is 0 Å². The van der Waals surface area contributed by atoms with Crippen LogP contribution in [0.2, 0.25) is 0 Å². The zero-order valence-electron chi connectivity index (χ0n) is 11.3. The predicted octanol–water partition coefficient (Wildman–Crippen LogP) is 1.34. The van der Waals surface area contributed by atoms with Crippen LogP contribution in [-0.4, -0.2) is 40.5 Å². The first-order chi connectivity index (χ1) is 9.36. The lowest BCUT2D eigenvalue weighted by Crippen LogP contribution is -2.38. The molecule has 0 unspecified atom stereocenters. The summed E-state index contributed by atoms with van der Waals surface area (Å²) in [7, 11) is -3.65. The van der Waals surface area contributed by atoms with Crippen LogP contribution in [0.25, 0.3) is 0 Å². The van der Waals surface area contributed by atoms with Gasteiger partial charge >= 0.3 is 6.09 Å². The van der Waals surface area contributed by atoms with Crippen LogP contribution in [0, 0.1) is 5.82 Å². The van der Waals surface area contributed by atoms with Gasteiger partial charge in [-0.05, 0) is 19.1 Å². The fourth-order valence-corrected chi connectivity index (χ4v) is 2.49. The van der Waals surface area contributed by atoms with Crippen LogP contribution in [0.4, 0.5) is 14.9 Å². The van der Waals surface area contributed by atoms with E-state index in [1.54, 1.807) is 6.92 Å². The van der Waals surface area contributed by atoms with E-state index in [1.165, 1.54) is 24.3 Å². The molecule has 0 aliphatic carbocycles. The van der Waals surface area contributed by atoms with Crippen LogP contribution in [0.3, 0.4) is 0 Å². The van der Waals surface area contributed by atoms with Gasteiger partial charge in [-0.15, -0.1) is 0 Å². The Morgan fingerprint density at radius 2 is 2.05 bits per heavy atom. The number of para-hydroxylation sites is 1. The average molecular weight is 304 g/mol.